The monoisotopic (exact) mass is 195 g/mol. The highest BCUT2D eigenvalue weighted by atomic mass is 15.2. The number of unbranched alkanes of at least 4 members (excludes halogenated alkanes) is 1. The van der Waals surface area contributed by atoms with E-state index >= 15 is 0 Å². The fraction of sp³-hybridized carbons (Fsp3) is 1.00. The molecular weight excluding hydrogens is 170 g/mol. The van der Waals surface area contributed by atoms with Crippen LogP contribution >= 0.6 is 0 Å². The molecule has 0 N–H and O–H groups in total. The minimum absolute atomic E-state index is 0.959. The molecule has 1 aliphatic carbocycles. The first-order valence-corrected chi connectivity index (χ1v) is 6.52. The number of hydrogen-bond acceptors (Lipinski definition) is 1. The van der Waals surface area contributed by atoms with Crippen LogP contribution in [0.2, 0.25) is 0 Å². The van der Waals surface area contributed by atoms with Gasteiger partial charge >= 0.3 is 0 Å². The standard InChI is InChI=1S/C13H25N/c1-3-4-5-13-10-14(8-11(13)2)9-12-6-7-12/h11-13H,3-10H2,1-2H3. The van der Waals surface area contributed by atoms with Crippen LogP contribution in [0.15, 0.2) is 0 Å². The Morgan fingerprint density at radius 1 is 1.21 bits per heavy atom. The van der Waals surface area contributed by atoms with E-state index in [2.05, 4.69) is 18.7 Å². The van der Waals surface area contributed by atoms with E-state index < -0.39 is 0 Å². The van der Waals surface area contributed by atoms with E-state index in [0.29, 0.717) is 0 Å². The molecule has 1 aliphatic heterocycles. The quantitative estimate of drug-likeness (QED) is 0.651. The highest BCUT2D eigenvalue weighted by Crippen LogP contribution is 2.34. The Labute approximate surface area is 88.9 Å². The van der Waals surface area contributed by atoms with E-state index in [4.69, 9.17) is 0 Å². The van der Waals surface area contributed by atoms with Gasteiger partial charge in [-0.2, -0.15) is 0 Å². The van der Waals surface area contributed by atoms with Gasteiger partial charge in [0.15, 0.2) is 0 Å². The minimum atomic E-state index is 0.959. The summed E-state index contributed by atoms with van der Waals surface area (Å²) in [4.78, 5) is 2.72. The van der Waals surface area contributed by atoms with E-state index in [1.165, 1.54) is 51.7 Å². The molecule has 2 rings (SSSR count). The Morgan fingerprint density at radius 2 is 2.00 bits per heavy atom. The van der Waals surface area contributed by atoms with Crippen molar-refractivity contribution in [3.05, 3.63) is 0 Å². The predicted octanol–water partition coefficient (Wildman–Crippen LogP) is 3.15. The lowest BCUT2D eigenvalue weighted by molar-refractivity contribution is 0.306. The number of nitrogens with zero attached hydrogens (tertiary/aromatic N) is 1. The lowest BCUT2D eigenvalue weighted by atomic mass is 9.93. The average Bonchev–Trinajstić information content (AvgIpc) is 2.88. The summed E-state index contributed by atoms with van der Waals surface area (Å²) < 4.78 is 0. The summed E-state index contributed by atoms with van der Waals surface area (Å²) in [5.41, 5.74) is 0. The second kappa shape index (κ2) is 4.65. The van der Waals surface area contributed by atoms with Crippen molar-refractivity contribution < 1.29 is 0 Å². The van der Waals surface area contributed by atoms with E-state index in [1.54, 1.807) is 0 Å². The van der Waals surface area contributed by atoms with Gasteiger partial charge in [0.2, 0.25) is 0 Å². The van der Waals surface area contributed by atoms with Crippen LogP contribution < -0.4 is 0 Å². The normalized spacial score (nSPS) is 33.9. The van der Waals surface area contributed by atoms with Crippen LogP contribution in [0.5, 0.6) is 0 Å². The molecule has 0 amide bonds. The van der Waals surface area contributed by atoms with Gasteiger partial charge in [-0.05, 0) is 37.0 Å². The molecule has 1 saturated carbocycles. The smallest absolute Gasteiger partial charge is 0.00129 e. The van der Waals surface area contributed by atoms with Crippen molar-refractivity contribution in [2.24, 2.45) is 17.8 Å². The Kier molecular flexibility index (Phi) is 3.48. The molecule has 2 aliphatic rings. The predicted molar refractivity (Wildman–Crippen MR) is 61.3 cm³/mol. The fourth-order valence-electron chi connectivity index (χ4n) is 2.80. The van der Waals surface area contributed by atoms with Crippen molar-refractivity contribution in [1.29, 1.82) is 0 Å². The van der Waals surface area contributed by atoms with Crippen molar-refractivity contribution in [3.63, 3.8) is 0 Å². The van der Waals surface area contributed by atoms with E-state index in [9.17, 15) is 0 Å². The molecule has 2 fully saturated rings. The van der Waals surface area contributed by atoms with Gasteiger partial charge in [-0.1, -0.05) is 26.7 Å². The van der Waals surface area contributed by atoms with Crippen molar-refractivity contribution in [2.75, 3.05) is 19.6 Å². The zero-order valence-corrected chi connectivity index (χ0v) is 9.84. The topological polar surface area (TPSA) is 3.24 Å². The van der Waals surface area contributed by atoms with Gasteiger partial charge in [0.1, 0.15) is 0 Å². The van der Waals surface area contributed by atoms with Crippen molar-refractivity contribution in [1.82, 2.24) is 4.90 Å². The van der Waals surface area contributed by atoms with Crippen LogP contribution in [-0.4, -0.2) is 24.5 Å². The molecule has 2 unspecified atom stereocenters. The second-order valence-corrected chi connectivity index (χ2v) is 5.54. The maximum atomic E-state index is 2.72. The minimum Gasteiger partial charge on any atom is -0.302 e. The molecule has 1 saturated heterocycles. The number of rotatable bonds is 5. The first-order chi connectivity index (χ1) is 6.79. The lowest BCUT2D eigenvalue weighted by Crippen LogP contribution is -2.23. The van der Waals surface area contributed by atoms with Crippen molar-refractivity contribution in [2.45, 2.75) is 46.0 Å². The third-order valence-corrected chi connectivity index (χ3v) is 3.99. The molecule has 14 heavy (non-hydrogen) atoms. The van der Waals surface area contributed by atoms with E-state index in [0.717, 1.165) is 17.8 Å². The molecule has 0 aromatic rings. The highest BCUT2D eigenvalue weighted by Gasteiger charge is 2.32. The Morgan fingerprint density at radius 3 is 2.64 bits per heavy atom. The molecule has 0 radical (unpaired) electrons. The van der Waals surface area contributed by atoms with Crippen molar-refractivity contribution >= 4 is 0 Å². The van der Waals surface area contributed by atoms with E-state index in [-0.39, 0.29) is 0 Å². The van der Waals surface area contributed by atoms with Crippen LogP contribution in [0.3, 0.4) is 0 Å². The molecule has 0 aromatic carbocycles. The molecule has 0 aromatic heterocycles. The van der Waals surface area contributed by atoms with Gasteiger partial charge in [-0.25, -0.2) is 0 Å². The maximum absolute atomic E-state index is 2.72. The molecule has 0 spiro atoms. The zero-order chi connectivity index (χ0) is 9.97. The summed E-state index contributed by atoms with van der Waals surface area (Å²) in [6.45, 7) is 8.95. The zero-order valence-electron chi connectivity index (χ0n) is 9.84. The maximum Gasteiger partial charge on any atom is 0.00129 e. The summed E-state index contributed by atoms with van der Waals surface area (Å²) >= 11 is 0. The molecule has 1 nitrogen and oxygen atoms in total. The molecule has 1 heterocycles. The first kappa shape index (κ1) is 10.5. The summed E-state index contributed by atoms with van der Waals surface area (Å²) in [5, 5.41) is 0. The summed E-state index contributed by atoms with van der Waals surface area (Å²) in [6.07, 6.45) is 7.28. The summed E-state index contributed by atoms with van der Waals surface area (Å²) in [5.74, 6) is 3.04. The lowest BCUT2D eigenvalue weighted by Gasteiger charge is -2.15. The average molecular weight is 195 g/mol. The van der Waals surface area contributed by atoms with Crippen LogP contribution in [0.25, 0.3) is 0 Å². The summed E-state index contributed by atoms with van der Waals surface area (Å²) in [6, 6.07) is 0. The highest BCUT2D eigenvalue weighted by molar-refractivity contribution is 4.85. The van der Waals surface area contributed by atoms with Gasteiger partial charge in [0.05, 0.1) is 0 Å². The molecular formula is C13H25N. The Bertz CT molecular complexity index is 174. The third-order valence-electron chi connectivity index (χ3n) is 3.99. The third kappa shape index (κ3) is 2.73. The Hall–Kier alpha value is -0.0400. The fourth-order valence-corrected chi connectivity index (χ4v) is 2.80. The largest absolute Gasteiger partial charge is 0.302 e. The first-order valence-electron chi connectivity index (χ1n) is 6.52. The second-order valence-electron chi connectivity index (χ2n) is 5.54. The van der Waals surface area contributed by atoms with Gasteiger partial charge in [0.25, 0.3) is 0 Å². The van der Waals surface area contributed by atoms with Crippen LogP contribution in [0, 0.1) is 17.8 Å². The number of likely N-dealkylation sites (tertiary alicyclic amines) is 1. The van der Waals surface area contributed by atoms with Crippen LogP contribution in [-0.2, 0) is 0 Å². The van der Waals surface area contributed by atoms with Crippen LogP contribution in [0.4, 0.5) is 0 Å². The Balaban J connectivity index is 1.71. The molecule has 82 valence electrons. The van der Waals surface area contributed by atoms with Crippen LogP contribution in [0.1, 0.15) is 46.0 Å². The SMILES string of the molecule is CCCCC1CN(CC2CC2)CC1C. The van der Waals surface area contributed by atoms with E-state index in [1.807, 2.05) is 0 Å². The van der Waals surface area contributed by atoms with Gasteiger partial charge in [0, 0.05) is 19.6 Å². The molecule has 0 bridgehead atoms. The molecule has 2 atom stereocenters. The van der Waals surface area contributed by atoms with Crippen molar-refractivity contribution in [3.8, 4) is 0 Å². The summed E-state index contributed by atoms with van der Waals surface area (Å²) in [7, 11) is 0. The number of hydrogen-bond donors (Lipinski definition) is 0. The molecule has 1 heteroatoms. The van der Waals surface area contributed by atoms with Gasteiger partial charge in [-0.15, -0.1) is 0 Å². The van der Waals surface area contributed by atoms with Gasteiger partial charge in [-0.3, -0.25) is 0 Å². The van der Waals surface area contributed by atoms with Gasteiger partial charge < -0.3 is 4.90 Å².